The largest absolute Gasteiger partial charge is 0.497 e. The molecule has 0 amide bonds. The van der Waals surface area contributed by atoms with Crippen LogP contribution in [0, 0.1) is 0 Å². The number of benzene rings is 3. The number of hydrogen-bond donors (Lipinski definition) is 1. The van der Waals surface area contributed by atoms with Crippen LogP contribution >= 0.6 is 27.7 Å². The van der Waals surface area contributed by atoms with Crippen LogP contribution < -0.4 is 19.5 Å². The third-order valence-electron chi connectivity index (χ3n) is 4.24. The van der Waals surface area contributed by atoms with Crippen LogP contribution in [0.3, 0.4) is 0 Å². The van der Waals surface area contributed by atoms with E-state index in [9.17, 15) is 4.79 Å². The minimum absolute atomic E-state index is 0.343. The highest BCUT2D eigenvalue weighted by Gasteiger charge is 2.26. The number of nitrogens with one attached hydrogen (secondary N) is 1. The lowest BCUT2D eigenvalue weighted by molar-refractivity contribution is 0.0728. The van der Waals surface area contributed by atoms with E-state index in [0.717, 1.165) is 26.9 Å². The van der Waals surface area contributed by atoms with E-state index in [1.54, 1.807) is 50.2 Å². The predicted octanol–water partition coefficient (Wildman–Crippen LogP) is 5.89. The lowest BCUT2D eigenvalue weighted by Crippen LogP contribution is -2.11. The second-order valence-corrected chi connectivity index (χ2v) is 7.79. The molecule has 1 N–H and O–H groups in total. The predicted molar refractivity (Wildman–Crippen MR) is 112 cm³/mol. The molecule has 0 aliphatic carbocycles. The zero-order chi connectivity index (χ0) is 19.7. The van der Waals surface area contributed by atoms with Crippen molar-refractivity contribution >= 4 is 45.0 Å². The van der Waals surface area contributed by atoms with Crippen molar-refractivity contribution in [2.45, 2.75) is 9.79 Å². The number of methoxy groups -OCH3 is 2. The van der Waals surface area contributed by atoms with Gasteiger partial charge in [-0.1, -0.05) is 30.0 Å². The first kappa shape index (κ1) is 18.7. The van der Waals surface area contributed by atoms with Gasteiger partial charge in [0.1, 0.15) is 5.75 Å². The fourth-order valence-corrected chi connectivity index (χ4v) is 4.59. The Bertz CT molecular complexity index is 1060. The number of fused-ring (bicyclic) bond motifs is 2. The number of hydrogen-bond acceptors (Lipinski definition) is 6. The second-order valence-electron chi connectivity index (χ2n) is 5.94. The van der Waals surface area contributed by atoms with Gasteiger partial charge in [0.05, 0.1) is 40.5 Å². The maximum absolute atomic E-state index is 12.5. The maximum Gasteiger partial charge on any atom is 0.343 e. The van der Waals surface area contributed by atoms with Crippen LogP contribution in [0.1, 0.15) is 10.4 Å². The van der Waals surface area contributed by atoms with Gasteiger partial charge in [-0.15, -0.1) is 0 Å². The molecular weight excluding hydrogens is 442 g/mol. The Hall–Kier alpha value is -2.64. The average molecular weight is 458 g/mol. The second kappa shape index (κ2) is 7.77. The van der Waals surface area contributed by atoms with Crippen molar-refractivity contribution in [2.24, 2.45) is 0 Å². The molecule has 0 unspecified atom stereocenters. The van der Waals surface area contributed by atoms with Gasteiger partial charge < -0.3 is 19.5 Å². The summed E-state index contributed by atoms with van der Waals surface area (Å²) in [4.78, 5) is 14.5. The van der Waals surface area contributed by atoms with Crippen LogP contribution in [0.2, 0.25) is 0 Å². The number of rotatable bonds is 4. The molecule has 0 radical (unpaired) electrons. The van der Waals surface area contributed by atoms with Crippen molar-refractivity contribution in [1.29, 1.82) is 0 Å². The summed E-state index contributed by atoms with van der Waals surface area (Å²) < 4.78 is 17.1. The Morgan fingerprint density at radius 3 is 2.50 bits per heavy atom. The number of halogens is 1. The van der Waals surface area contributed by atoms with E-state index >= 15 is 0 Å². The fraction of sp³-hybridized carbons (Fsp3) is 0.0952. The Morgan fingerprint density at radius 2 is 1.79 bits per heavy atom. The normalized spacial score (nSPS) is 11.7. The first-order chi connectivity index (χ1) is 13.6. The van der Waals surface area contributed by atoms with Gasteiger partial charge in [0.2, 0.25) is 0 Å². The van der Waals surface area contributed by atoms with Crippen LogP contribution in [0.5, 0.6) is 17.2 Å². The van der Waals surface area contributed by atoms with Gasteiger partial charge >= 0.3 is 5.97 Å². The third kappa shape index (κ3) is 3.43. The zero-order valence-corrected chi connectivity index (χ0v) is 17.5. The molecule has 0 spiro atoms. The van der Waals surface area contributed by atoms with Crippen LogP contribution in [0.25, 0.3) is 0 Å². The van der Waals surface area contributed by atoms with Gasteiger partial charge in [-0.2, -0.15) is 0 Å². The molecule has 1 heterocycles. The molecule has 28 heavy (non-hydrogen) atoms. The summed E-state index contributed by atoms with van der Waals surface area (Å²) in [7, 11) is 3.18. The summed E-state index contributed by atoms with van der Waals surface area (Å²) >= 11 is 5.16. The molecule has 0 bridgehead atoms. The molecule has 1 aliphatic rings. The SMILES string of the molecule is COc1ccc2c(c1)Sc1c(cc(OC)c(OC(=O)c3ccccc3)c1Br)N2. The summed E-state index contributed by atoms with van der Waals surface area (Å²) in [5.74, 6) is 1.13. The fourth-order valence-electron chi connectivity index (χ4n) is 2.83. The van der Waals surface area contributed by atoms with Gasteiger partial charge in [0, 0.05) is 11.0 Å². The van der Waals surface area contributed by atoms with Gasteiger partial charge in [0.25, 0.3) is 0 Å². The Balaban J connectivity index is 1.72. The molecule has 0 saturated heterocycles. The van der Waals surface area contributed by atoms with Crippen molar-refractivity contribution in [2.75, 3.05) is 19.5 Å². The van der Waals surface area contributed by atoms with Crippen molar-refractivity contribution in [3.05, 3.63) is 64.6 Å². The number of ether oxygens (including phenoxy) is 3. The van der Waals surface area contributed by atoms with E-state index in [1.807, 2.05) is 30.3 Å². The summed E-state index contributed by atoms with van der Waals surface area (Å²) in [5.41, 5.74) is 2.31. The quantitative estimate of drug-likeness (QED) is 0.304. The number of carbonyl (C=O) groups excluding carboxylic acids is 1. The smallest absolute Gasteiger partial charge is 0.343 e. The number of carbonyl (C=O) groups is 1. The van der Waals surface area contributed by atoms with E-state index in [4.69, 9.17) is 14.2 Å². The molecule has 4 rings (SSSR count). The molecule has 3 aromatic rings. The van der Waals surface area contributed by atoms with Crippen molar-refractivity contribution in [3.8, 4) is 17.2 Å². The van der Waals surface area contributed by atoms with E-state index in [-0.39, 0.29) is 0 Å². The molecule has 0 fully saturated rings. The highest BCUT2D eigenvalue weighted by molar-refractivity contribution is 9.10. The van der Waals surface area contributed by atoms with Crippen molar-refractivity contribution < 1.29 is 19.0 Å². The average Bonchev–Trinajstić information content (AvgIpc) is 2.74. The van der Waals surface area contributed by atoms with Crippen LogP contribution in [0.15, 0.2) is 68.9 Å². The molecule has 7 heteroatoms. The monoisotopic (exact) mass is 457 g/mol. The van der Waals surface area contributed by atoms with Gasteiger partial charge in [-0.3, -0.25) is 0 Å². The number of esters is 1. The standard InChI is InChI=1S/C21H16BrNO4S/c1-25-13-8-9-14-17(10-13)28-20-15(23-14)11-16(26-2)19(18(20)22)27-21(24)12-6-4-3-5-7-12/h3-11,23H,1-2H3. The lowest BCUT2D eigenvalue weighted by atomic mass is 10.2. The first-order valence-electron chi connectivity index (χ1n) is 8.41. The highest BCUT2D eigenvalue weighted by atomic mass is 79.9. The van der Waals surface area contributed by atoms with Crippen LogP contribution in [0.4, 0.5) is 11.4 Å². The van der Waals surface area contributed by atoms with E-state index < -0.39 is 5.97 Å². The molecule has 3 aromatic carbocycles. The molecule has 0 aromatic heterocycles. The van der Waals surface area contributed by atoms with Gasteiger partial charge in [0.15, 0.2) is 11.5 Å². The molecule has 0 saturated carbocycles. The van der Waals surface area contributed by atoms with Crippen molar-refractivity contribution in [3.63, 3.8) is 0 Å². The summed E-state index contributed by atoms with van der Waals surface area (Å²) in [6.45, 7) is 0. The van der Waals surface area contributed by atoms with Gasteiger partial charge in [-0.05, 0) is 46.3 Å². The molecule has 0 atom stereocenters. The minimum Gasteiger partial charge on any atom is -0.497 e. The Kier molecular flexibility index (Phi) is 5.19. The zero-order valence-electron chi connectivity index (χ0n) is 15.1. The van der Waals surface area contributed by atoms with Gasteiger partial charge in [-0.25, -0.2) is 4.79 Å². The van der Waals surface area contributed by atoms with E-state index in [0.29, 0.717) is 21.5 Å². The number of anilines is 2. The first-order valence-corrected chi connectivity index (χ1v) is 10.0. The summed E-state index contributed by atoms with van der Waals surface area (Å²) in [6, 6.07) is 16.5. The van der Waals surface area contributed by atoms with Crippen LogP contribution in [-0.2, 0) is 0 Å². The van der Waals surface area contributed by atoms with Crippen LogP contribution in [-0.4, -0.2) is 20.2 Å². The maximum atomic E-state index is 12.5. The Labute approximate surface area is 175 Å². The molecule has 1 aliphatic heterocycles. The third-order valence-corrected chi connectivity index (χ3v) is 6.44. The molecule has 5 nitrogen and oxygen atoms in total. The Morgan fingerprint density at radius 1 is 1.00 bits per heavy atom. The minimum atomic E-state index is -0.449. The topological polar surface area (TPSA) is 56.8 Å². The molecule has 142 valence electrons. The molecular formula is C21H16BrNO4S. The lowest BCUT2D eigenvalue weighted by Gasteiger charge is -2.24. The highest BCUT2D eigenvalue weighted by Crippen LogP contribution is 2.53. The van der Waals surface area contributed by atoms with Crippen molar-refractivity contribution in [1.82, 2.24) is 0 Å². The summed E-state index contributed by atoms with van der Waals surface area (Å²) in [6.07, 6.45) is 0. The van der Waals surface area contributed by atoms with E-state index in [1.165, 1.54) is 0 Å². The van der Waals surface area contributed by atoms with E-state index in [2.05, 4.69) is 21.2 Å². The summed E-state index contributed by atoms with van der Waals surface area (Å²) in [5, 5.41) is 3.39.